The molecule has 7 heteroatoms. The van der Waals surface area contributed by atoms with Crippen molar-refractivity contribution in [2.45, 2.75) is 84.3 Å². The second-order valence-electron chi connectivity index (χ2n) is 9.00. The molecule has 0 aromatic carbocycles. The second kappa shape index (κ2) is 8.88. The summed E-state index contributed by atoms with van der Waals surface area (Å²) in [5.74, 6) is -0.992. The number of hydrazone groups is 1. The van der Waals surface area contributed by atoms with Gasteiger partial charge in [-0.2, -0.15) is 5.10 Å². The highest BCUT2D eigenvalue weighted by Gasteiger charge is 2.39. The number of hydrogen-bond acceptors (Lipinski definition) is 7. The summed E-state index contributed by atoms with van der Waals surface area (Å²) in [6.45, 7) is 13.4. The van der Waals surface area contributed by atoms with E-state index in [0.29, 0.717) is 13.2 Å². The van der Waals surface area contributed by atoms with Crippen molar-refractivity contribution < 1.29 is 23.7 Å². The average molecular weight is 385 g/mol. The van der Waals surface area contributed by atoms with Crippen LogP contribution < -0.4 is 0 Å². The number of esters is 1. The monoisotopic (exact) mass is 384 g/mol. The van der Waals surface area contributed by atoms with E-state index < -0.39 is 11.4 Å². The average Bonchev–Trinajstić information content (AvgIpc) is 2.94. The molecule has 2 fully saturated rings. The van der Waals surface area contributed by atoms with Crippen molar-refractivity contribution in [2.75, 3.05) is 26.9 Å². The molecule has 2 heterocycles. The van der Waals surface area contributed by atoms with Gasteiger partial charge in [-0.05, 0) is 53.4 Å². The number of carbonyl (C=O) groups excluding carboxylic acids is 1. The highest BCUT2D eigenvalue weighted by molar-refractivity contribution is 5.91. The van der Waals surface area contributed by atoms with Crippen molar-refractivity contribution >= 4 is 11.7 Å². The minimum Gasteiger partial charge on any atom is -0.460 e. The van der Waals surface area contributed by atoms with Crippen LogP contribution >= 0.6 is 0 Å². The van der Waals surface area contributed by atoms with Crippen LogP contribution in [0.15, 0.2) is 5.10 Å². The first-order valence-corrected chi connectivity index (χ1v) is 9.87. The lowest BCUT2D eigenvalue weighted by Crippen LogP contribution is -2.50. The standard InChI is InChI=1S/C20H36N2O5/c1-14(11-17(23)26-19(2,3)4)18-16(13-25-20(5,6)27-18)21-22-10-8-9-15(22)12-24-7/h14-15,18H,8-13H2,1-7H3/b21-16+/t14-,15+,18+/m1/s1. The molecule has 0 spiro atoms. The topological polar surface area (TPSA) is 69.6 Å². The Kier molecular flexibility index (Phi) is 7.27. The molecule has 2 aliphatic heterocycles. The van der Waals surface area contributed by atoms with Gasteiger partial charge in [0.1, 0.15) is 11.7 Å². The zero-order valence-electron chi connectivity index (χ0n) is 17.9. The van der Waals surface area contributed by atoms with E-state index in [-0.39, 0.29) is 30.5 Å². The molecule has 2 aliphatic rings. The third kappa shape index (κ3) is 6.73. The summed E-state index contributed by atoms with van der Waals surface area (Å²) < 4.78 is 22.8. The van der Waals surface area contributed by atoms with Crippen molar-refractivity contribution in [3.05, 3.63) is 0 Å². The van der Waals surface area contributed by atoms with Gasteiger partial charge in [0.15, 0.2) is 5.79 Å². The summed E-state index contributed by atoms with van der Waals surface area (Å²) in [6, 6.07) is 0.277. The molecule has 0 bridgehead atoms. The zero-order valence-corrected chi connectivity index (χ0v) is 17.9. The fourth-order valence-corrected chi connectivity index (χ4v) is 3.50. The molecule has 0 N–H and O–H groups in total. The Morgan fingerprint density at radius 2 is 2.11 bits per heavy atom. The van der Waals surface area contributed by atoms with Crippen molar-refractivity contribution in [3.63, 3.8) is 0 Å². The molecule has 0 aromatic rings. The van der Waals surface area contributed by atoms with E-state index in [1.165, 1.54) is 0 Å². The number of methoxy groups -OCH3 is 1. The largest absolute Gasteiger partial charge is 0.460 e. The van der Waals surface area contributed by atoms with Gasteiger partial charge in [-0.3, -0.25) is 9.80 Å². The van der Waals surface area contributed by atoms with Crippen LogP contribution in [0.3, 0.4) is 0 Å². The molecule has 0 aromatic heterocycles. The van der Waals surface area contributed by atoms with Crippen LogP contribution in [-0.2, 0) is 23.7 Å². The van der Waals surface area contributed by atoms with Gasteiger partial charge in [0.25, 0.3) is 0 Å². The molecule has 0 radical (unpaired) electrons. The number of carbonyl (C=O) groups is 1. The Morgan fingerprint density at radius 1 is 1.41 bits per heavy atom. The van der Waals surface area contributed by atoms with Gasteiger partial charge in [-0.1, -0.05) is 6.92 Å². The van der Waals surface area contributed by atoms with E-state index in [9.17, 15) is 4.79 Å². The van der Waals surface area contributed by atoms with Gasteiger partial charge in [0, 0.05) is 13.7 Å². The van der Waals surface area contributed by atoms with E-state index in [4.69, 9.17) is 24.0 Å². The Balaban J connectivity index is 2.12. The predicted octanol–water partition coefficient (Wildman–Crippen LogP) is 2.97. The normalized spacial score (nSPS) is 28.4. The second-order valence-corrected chi connectivity index (χ2v) is 9.00. The third-order valence-electron chi connectivity index (χ3n) is 4.69. The molecule has 2 rings (SSSR count). The lowest BCUT2D eigenvalue weighted by atomic mass is 9.95. The summed E-state index contributed by atoms with van der Waals surface area (Å²) in [4.78, 5) is 12.3. The summed E-state index contributed by atoms with van der Waals surface area (Å²) in [5.41, 5.74) is 0.334. The van der Waals surface area contributed by atoms with Crippen molar-refractivity contribution in [1.29, 1.82) is 0 Å². The summed E-state index contributed by atoms with van der Waals surface area (Å²) in [7, 11) is 1.71. The molecular formula is C20H36N2O5. The van der Waals surface area contributed by atoms with E-state index in [1.807, 2.05) is 41.5 Å². The summed E-state index contributed by atoms with van der Waals surface area (Å²) in [6.07, 6.45) is 2.15. The van der Waals surface area contributed by atoms with Gasteiger partial charge < -0.3 is 18.9 Å². The van der Waals surface area contributed by atoms with Crippen LogP contribution in [0.4, 0.5) is 0 Å². The van der Waals surface area contributed by atoms with Crippen LogP contribution in [0.5, 0.6) is 0 Å². The van der Waals surface area contributed by atoms with Crippen LogP contribution in [0.2, 0.25) is 0 Å². The Hall–Kier alpha value is -1.18. The number of rotatable bonds is 6. The third-order valence-corrected chi connectivity index (χ3v) is 4.69. The summed E-state index contributed by atoms with van der Waals surface area (Å²) >= 11 is 0. The maximum absolute atomic E-state index is 12.3. The molecule has 3 atom stereocenters. The van der Waals surface area contributed by atoms with Crippen LogP contribution in [0, 0.1) is 5.92 Å². The molecule has 7 nitrogen and oxygen atoms in total. The lowest BCUT2D eigenvalue weighted by molar-refractivity contribution is -0.243. The quantitative estimate of drug-likeness (QED) is 0.656. The number of hydrogen-bond donors (Lipinski definition) is 0. The first-order valence-electron chi connectivity index (χ1n) is 9.87. The van der Waals surface area contributed by atoms with Crippen molar-refractivity contribution in [3.8, 4) is 0 Å². The van der Waals surface area contributed by atoms with Gasteiger partial charge >= 0.3 is 5.97 Å². The highest BCUT2D eigenvalue weighted by atomic mass is 16.7. The first-order chi connectivity index (χ1) is 12.5. The maximum atomic E-state index is 12.3. The molecule has 0 aliphatic carbocycles. The van der Waals surface area contributed by atoms with E-state index in [2.05, 4.69) is 5.01 Å². The fourth-order valence-electron chi connectivity index (χ4n) is 3.50. The smallest absolute Gasteiger partial charge is 0.306 e. The number of ether oxygens (including phenoxy) is 4. The molecule has 2 saturated heterocycles. The molecule has 27 heavy (non-hydrogen) atoms. The number of nitrogens with zero attached hydrogens (tertiary/aromatic N) is 2. The van der Waals surface area contributed by atoms with Gasteiger partial charge in [-0.25, -0.2) is 0 Å². The fraction of sp³-hybridized carbons (Fsp3) is 0.900. The van der Waals surface area contributed by atoms with Crippen molar-refractivity contribution in [2.24, 2.45) is 11.0 Å². The van der Waals surface area contributed by atoms with E-state index >= 15 is 0 Å². The Morgan fingerprint density at radius 3 is 2.74 bits per heavy atom. The minimum absolute atomic E-state index is 0.0646. The molecule has 0 unspecified atom stereocenters. The van der Waals surface area contributed by atoms with Crippen LogP contribution in [-0.4, -0.2) is 67.1 Å². The lowest BCUT2D eigenvalue weighted by Gasteiger charge is -2.40. The van der Waals surface area contributed by atoms with E-state index in [0.717, 1.165) is 25.1 Å². The summed E-state index contributed by atoms with van der Waals surface area (Å²) in [5, 5.41) is 6.93. The minimum atomic E-state index is -0.706. The SMILES string of the molecule is COC[C@@H]1CCCN1/N=C1\COC(C)(C)O[C@H]1[C@H](C)CC(=O)OC(C)(C)C. The Bertz CT molecular complexity index is 541. The molecule has 0 saturated carbocycles. The van der Waals surface area contributed by atoms with Crippen molar-refractivity contribution in [1.82, 2.24) is 5.01 Å². The Labute approximate surface area is 163 Å². The highest BCUT2D eigenvalue weighted by Crippen LogP contribution is 2.29. The molecule has 0 amide bonds. The van der Waals surface area contributed by atoms with Crippen LogP contribution in [0.1, 0.15) is 60.8 Å². The molecule has 156 valence electrons. The van der Waals surface area contributed by atoms with Crippen LogP contribution in [0.25, 0.3) is 0 Å². The first kappa shape index (κ1) is 22.1. The van der Waals surface area contributed by atoms with Gasteiger partial charge in [-0.15, -0.1) is 0 Å². The maximum Gasteiger partial charge on any atom is 0.306 e. The predicted molar refractivity (Wildman–Crippen MR) is 104 cm³/mol. The zero-order chi connectivity index (χ0) is 20.2. The molecular weight excluding hydrogens is 348 g/mol. The van der Waals surface area contributed by atoms with E-state index in [1.54, 1.807) is 7.11 Å². The van der Waals surface area contributed by atoms with Gasteiger partial charge in [0.2, 0.25) is 0 Å². The van der Waals surface area contributed by atoms with Gasteiger partial charge in [0.05, 0.1) is 31.4 Å².